The summed E-state index contributed by atoms with van der Waals surface area (Å²) in [5.74, 6) is -2.56. The van der Waals surface area contributed by atoms with Crippen LogP contribution < -0.4 is 15.4 Å². The molecule has 2 fully saturated rings. The second-order valence-electron chi connectivity index (χ2n) is 12.6. The number of imide groups is 1. The standard InChI is InChI=1S/C35H42N4O8S/c1-24-9-11-28(12-10-24)48(45,46)38-30(33(42)43)22-35(31(40)29-8-5-19-37-29)17-13-27(14-18-35)39(32(41)26-15-20-36-21-16-26)34(44)47-23-25-6-3-2-4-7-25/h2-4,6-7,9-14,17,26,29-30,36-38H,5,8,15-16,18-23H2,1H3,(H,42,43)/t29-,30+,35?/m0/s1. The number of piperidine rings is 1. The van der Waals surface area contributed by atoms with E-state index in [-0.39, 0.29) is 35.8 Å². The number of aryl methyl sites for hydroxylation is 1. The Morgan fingerprint density at radius 3 is 2.33 bits per heavy atom. The van der Waals surface area contributed by atoms with E-state index in [0.29, 0.717) is 38.9 Å². The summed E-state index contributed by atoms with van der Waals surface area (Å²) in [4.78, 5) is 54.9. The van der Waals surface area contributed by atoms with Gasteiger partial charge in [-0.25, -0.2) is 18.1 Å². The van der Waals surface area contributed by atoms with Crippen LogP contribution in [-0.4, -0.2) is 73.9 Å². The van der Waals surface area contributed by atoms with Crippen LogP contribution >= 0.6 is 0 Å². The van der Waals surface area contributed by atoms with Gasteiger partial charge in [0.15, 0.2) is 5.78 Å². The number of carbonyl (C=O) groups excluding carboxylic acids is 3. The number of Topliss-reactive ketones (excluding diaryl/α,β-unsaturated/α-hetero) is 1. The molecule has 256 valence electrons. The first kappa shape index (κ1) is 35.1. The number of aliphatic carboxylic acids is 1. The van der Waals surface area contributed by atoms with Crippen LogP contribution in [0.15, 0.2) is 83.4 Å². The fourth-order valence-electron chi connectivity index (χ4n) is 6.40. The number of nitrogens with zero attached hydrogens (tertiary/aromatic N) is 1. The number of hydrogen-bond acceptors (Lipinski definition) is 9. The zero-order valence-electron chi connectivity index (χ0n) is 26.9. The molecule has 1 aliphatic carbocycles. The maximum absolute atomic E-state index is 14.1. The third-order valence-corrected chi connectivity index (χ3v) is 10.7. The lowest BCUT2D eigenvalue weighted by molar-refractivity contribution is -0.140. The van der Waals surface area contributed by atoms with Crippen LogP contribution in [0.4, 0.5) is 4.79 Å². The first-order valence-electron chi connectivity index (χ1n) is 16.2. The molecule has 2 aliphatic heterocycles. The first-order chi connectivity index (χ1) is 23.0. The van der Waals surface area contributed by atoms with E-state index in [1.54, 1.807) is 37.3 Å². The van der Waals surface area contributed by atoms with Crippen molar-refractivity contribution in [2.75, 3.05) is 19.6 Å². The molecule has 2 saturated heterocycles. The van der Waals surface area contributed by atoms with Crippen molar-refractivity contribution in [1.82, 2.24) is 20.3 Å². The van der Waals surface area contributed by atoms with E-state index in [9.17, 15) is 32.7 Å². The molecule has 3 atom stereocenters. The Morgan fingerprint density at radius 2 is 1.73 bits per heavy atom. The Balaban J connectivity index is 1.43. The zero-order valence-corrected chi connectivity index (χ0v) is 27.7. The number of ketones is 1. The summed E-state index contributed by atoms with van der Waals surface area (Å²) in [5.41, 5.74) is 0.354. The highest BCUT2D eigenvalue weighted by Crippen LogP contribution is 2.39. The van der Waals surface area contributed by atoms with Crippen molar-refractivity contribution >= 4 is 33.8 Å². The fraction of sp³-hybridized carbons (Fsp3) is 0.429. The smallest absolute Gasteiger partial charge is 0.421 e. The van der Waals surface area contributed by atoms with Crippen LogP contribution in [0.5, 0.6) is 0 Å². The number of carboxylic acid groups (broad SMARTS) is 1. The SMILES string of the molecule is Cc1ccc(S(=O)(=O)N[C@H](CC2(C(=O)[C@@H]3CCCN3)C=CC(N(C(=O)OCc3ccccc3)C(=O)C3CCNCC3)=CC2)C(=O)O)cc1. The van der Waals surface area contributed by atoms with Crippen LogP contribution in [0.25, 0.3) is 0 Å². The molecule has 0 aromatic heterocycles. The summed E-state index contributed by atoms with van der Waals surface area (Å²) >= 11 is 0. The van der Waals surface area contributed by atoms with Gasteiger partial charge in [0, 0.05) is 5.92 Å². The van der Waals surface area contributed by atoms with E-state index in [0.717, 1.165) is 22.4 Å². The van der Waals surface area contributed by atoms with E-state index in [1.807, 2.05) is 18.2 Å². The summed E-state index contributed by atoms with van der Waals surface area (Å²) in [6.45, 7) is 3.62. The molecule has 13 heteroatoms. The number of carboxylic acids is 1. The molecule has 2 amide bonds. The van der Waals surface area contributed by atoms with Crippen molar-refractivity contribution in [1.29, 1.82) is 0 Å². The van der Waals surface area contributed by atoms with Crippen LogP contribution in [0.1, 0.15) is 49.7 Å². The summed E-state index contributed by atoms with van der Waals surface area (Å²) < 4.78 is 34.3. The van der Waals surface area contributed by atoms with Crippen molar-refractivity contribution in [3.8, 4) is 0 Å². The average Bonchev–Trinajstić information content (AvgIpc) is 3.64. The maximum atomic E-state index is 14.1. The number of ether oxygens (including phenoxy) is 1. The van der Waals surface area contributed by atoms with Crippen molar-refractivity contribution in [3.63, 3.8) is 0 Å². The van der Waals surface area contributed by atoms with Crippen LogP contribution in [-0.2, 0) is 35.8 Å². The summed E-state index contributed by atoms with van der Waals surface area (Å²) in [6, 6.07) is 12.9. The molecule has 0 spiro atoms. The molecule has 48 heavy (non-hydrogen) atoms. The van der Waals surface area contributed by atoms with Crippen molar-refractivity contribution in [2.45, 2.75) is 69.0 Å². The Hall–Kier alpha value is -4.17. The van der Waals surface area contributed by atoms with Gasteiger partial charge in [-0.05, 0) is 88.9 Å². The van der Waals surface area contributed by atoms with Gasteiger partial charge in [0.05, 0.1) is 22.0 Å². The number of benzene rings is 2. The maximum Gasteiger partial charge on any atom is 0.421 e. The summed E-state index contributed by atoms with van der Waals surface area (Å²) in [5, 5.41) is 16.6. The minimum Gasteiger partial charge on any atom is -0.480 e. The molecule has 2 heterocycles. The molecule has 12 nitrogen and oxygen atoms in total. The third kappa shape index (κ3) is 8.27. The number of allylic oxidation sites excluding steroid dienone is 3. The molecular weight excluding hydrogens is 636 g/mol. The number of carbonyl (C=O) groups is 4. The minimum absolute atomic E-state index is 0.0517. The van der Waals surface area contributed by atoms with Gasteiger partial charge < -0.3 is 20.5 Å². The second kappa shape index (κ2) is 15.4. The van der Waals surface area contributed by atoms with Gasteiger partial charge in [-0.1, -0.05) is 60.2 Å². The van der Waals surface area contributed by atoms with Gasteiger partial charge in [-0.15, -0.1) is 0 Å². The van der Waals surface area contributed by atoms with Crippen LogP contribution in [0, 0.1) is 18.3 Å². The van der Waals surface area contributed by atoms with Gasteiger partial charge in [-0.3, -0.25) is 14.4 Å². The normalized spacial score (nSPS) is 22.0. The van der Waals surface area contributed by atoms with Gasteiger partial charge in [0.2, 0.25) is 15.9 Å². The molecule has 2 aromatic rings. The Bertz CT molecular complexity index is 1660. The first-order valence-corrected chi connectivity index (χ1v) is 17.7. The molecule has 4 N–H and O–H groups in total. The Morgan fingerprint density at radius 1 is 1.02 bits per heavy atom. The Kier molecular flexibility index (Phi) is 11.3. The molecule has 0 bridgehead atoms. The molecule has 0 radical (unpaired) electrons. The number of nitrogens with one attached hydrogen (secondary N) is 3. The molecule has 5 rings (SSSR count). The largest absolute Gasteiger partial charge is 0.480 e. The third-order valence-electron chi connectivity index (χ3n) is 9.17. The quantitative estimate of drug-likeness (QED) is 0.261. The highest BCUT2D eigenvalue weighted by molar-refractivity contribution is 7.89. The van der Waals surface area contributed by atoms with Crippen molar-refractivity contribution in [3.05, 3.63) is 89.6 Å². The highest BCUT2D eigenvalue weighted by Gasteiger charge is 2.46. The fourth-order valence-corrected chi connectivity index (χ4v) is 7.59. The Labute approximate surface area is 280 Å². The van der Waals surface area contributed by atoms with E-state index in [4.69, 9.17) is 4.74 Å². The molecule has 2 aromatic carbocycles. The predicted molar refractivity (Wildman–Crippen MR) is 177 cm³/mol. The van der Waals surface area contributed by atoms with E-state index in [1.165, 1.54) is 24.3 Å². The van der Waals surface area contributed by atoms with Gasteiger partial charge in [0.25, 0.3) is 0 Å². The molecule has 1 unspecified atom stereocenters. The number of amides is 2. The second-order valence-corrected chi connectivity index (χ2v) is 14.3. The van der Waals surface area contributed by atoms with E-state index in [2.05, 4.69) is 15.4 Å². The van der Waals surface area contributed by atoms with Crippen LogP contribution in [0.2, 0.25) is 0 Å². The van der Waals surface area contributed by atoms with E-state index >= 15 is 0 Å². The molecule has 3 aliphatic rings. The van der Waals surface area contributed by atoms with Gasteiger partial charge >= 0.3 is 12.1 Å². The van der Waals surface area contributed by atoms with E-state index < -0.39 is 51.4 Å². The lowest BCUT2D eigenvalue weighted by atomic mass is 9.70. The molecule has 0 saturated carbocycles. The molecular formula is C35H42N4O8S. The predicted octanol–water partition coefficient (Wildman–Crippen LogP) is 3.43. The summed E-state index contributed by atoms with van der Waals surface area (Å²) in [6.07, 6.45) is 5.65. The average molecular weight is 679 g/mol. The number of hydrogen-bond donors (Lipinski definition) is 4. The van der Waals surface area contributed by atoms with Crippen molar-refractivity contribution < 1.29 is 37.4 Å². The number of sulfonamides is 1. The van der Waals surface area contributed by atoms with Crippen molar-refractivity contribution in [2.24, 2.45) is 11.3 Å². The van der Waals surface area contributed by atoms with Gasteiger partial charge in [-0.2, -0.15) is 4.72 Å². The monoisotopic (exact) mass is 678 g/mol. The zero-order chi connectivity index (χ0) is 34.3. The minimum atomic E-state index is -4.25. The number of rotatable bonds is 12. The highest BCUT2D eigenvalue weighted by atomic mass is 32.2. The summed E-state index contributed by atoms with van der Waals surface area (Å²) in [7, 11) is -4.25. The van der Waals surface area contributed by atoms with Gasteiger partial charge in [0.1, 0.15) is 12.6 Å². The topological polar surface area (TPSA) is 171 Å². The lowest BCUT2D eigenvalue weighted by Gasteiger charge is -2.37. The lowest BCUT2D eigenvalue weighted by Crippen LogP contribution is -2.50. The van der Waals surface area contributed by atoms with Crippen LogP contribution in [0.3, 0.4) is 0 Å².